The molecule has 0 unspecified atom stereocenters. The number of thiophene rings is 1. The van der Waals surface area contributed by atoms with Crippen LogP contribution in [0, 0.1) is 0 Å². The lowest BCUT2D eigenvalue weighted by Gasteiger charge is -2.34. The van der Waals surface area contributed by atoms with Crippen molar-refractivity contribution in [2.24, 2.45) is 0 Å². The van der Waals surface area contributed by atoms with Gasteiger partial charge < -0.3 is 14.4 Å². The standard InChI is InChI=1S/C13H19NO3S/c1-3-14(10-6-8-17-9-7-10)12-5-4-11(18-12)13(15)16-2/h4-5,10H,3,6-9H2,1-2H3. The van der Waals surface area contributed by atoms with Gasteiger partial charge in [0.2, 0.25) is 0 Å². The second kappa shape index (κ2) is 6.20. The van der Waals surface area contributed by atoms with Crippen molar-refractivity contribution >= 4 is 22.3 Å². The van der Waals surface area contributed by atoms with Gasteiger partial charge in [-0.1, -0.05) is 0 Å². The average Bonchev–Trinajstić information content (AvgIpc) is 2.89. The SMILES string of the molecule is CCN(c1ccc(C(=O)OC)s1)C1CCOCC1. The predicted octanol–water partition coefficient (Wildman–Crippen LogP) is 2.54. The summed E-state index contributed by atoms with van der Waals surface area (Å²) in [5.74, 6) is -0.255. The Labute approximate surface area is 111 Å². The molecule has 1 fully saturated rings. The second-order valence-electron chi connectivity index (χ2n) is 4.26. The summed E-state index contributed by atoms with van der Waals surface area (Å²) in [6.45, 7) is 4.76. The molecule has 0 bridgehead atoms. The Bertz CT molecular complexity index is 399. The normalized spacial score (nSPS) is 16.6. The van der Waals surface area contributed by atoms with Gasteiger partial charge in [-0.2, -0.15) is 0 Å². The zero-order chi connectivity index (χ0) is 13.0. The zero-order valence-corrected chi connectivity index (χ0v) is 11.7. The van der Waals surface area contributed by atoms with E-state index >= 15 is 0 Å². The lowest BCUT2D eigenvalue weighted by atomic mass is 10.1. The predicted molar refractivity (Wildman–Crippen MR) is 72.5 cm³/mol. The van der Waals surface area contributed by atoms with Crippen molar-refractivity contribution in [1.82, 2.24) is 0 Å². The van der Waals surface area contributed by atoms with Crippen LogP contribution in [-0.4, -0.2) is 38.9 Å². The molecule has 2 heterocycles. The van der Waals surface area contributed by atoms with Crippen molar-refractivity contribution in [1.29, 1.82) is 0 Å². The highest BCUT2D eigenvalue weighted by atomic mass is 32.1. The molecule has 1 aromatic rings. The number of hydrogen-bond donors (Lipinski definition) is 0. The molecule has 0 aliphatic carbocycles. The van der Waals surface area contributed by atoms with Gasteiger partial charge in [0.15, 0.2) is 0 Å². The smallest absolute Gasteiger partial charge is 0.348 e. The molecule has 2 rings (SSSR count). The Morgan fingerprint density at radius 2 is 2.22 bits per heavy atom. The van der Waals surface area contributed by atoms with Crippen LogP contribution in [0.4, 0.5) is 5.00 Å². The van der Waals surface area contributed by atoms with Crippen LogP contribution in [-0.2, 0) is 9.47 Å². The van der Waals surface area contributed by atoms with Gasteiger partial charge in [0.25, 0.3) is 0 Å². The molecule has 0 amide bonds. The maximum atomic E-state index is 11.5. The number of esters is 1. The minimum atomic E-state index is -0.255. The van der Waals surface area contributed by atoms with Crippen LogP contribution in [0.25, 0.3) is 0 Å². The van der Waals surface area contributed by atoms with E-state index in [1.165, 1.54) is 18.4 Å². The summed E-state index contributed by atoms with van der Waals surface area (Å²) in [5, 5.41) is 1.14. The summed E-state index contributed by atoms with van der Waals surface area (Å²) in [5.41, 5.74) is 0. The molecular formula is C13H19NO3S. The molecule has 1 aromatic heterocycles. The van der Waals surface area contributed by atoms with Crippen LogP contribution >= 0.6 is 11.3 Å². The van der Waals surface area contributed by atoms with Crippen molar-refractivity contribution in [3.63, 3.8) is 0 Å². The highest BCUT2D eigenvalue weighted by molar-refractivity contribution is 7.17. The van der Waals surface area contributed by atoms with Crippen molar-refractivity contribution in [3.8, 4) is 0 Å². The van der Waals surface area contributed by atoms with Gasteiger partial charge in [-0.15, -0.1) is 11.3 Å². The Morgan fingerprint density at radius 1 is 1.50 bits per heavy atom. The van der Waals surface area contributed by atoms with Gasteiger partial charge in [-0.25, -0.2) is 4.79 Å². The molecule has 100 valence electrons. The van der Waals surface area contributed by atoms with Gasteiger partial charge >= 0.3 is 5.97 Å². The summed E-state index contributed by atoms with van der Waals surface area (Å²) in [4.78, 5) is 14.5. The molecule has 0 aromatic carbocycles. The monoisotopic (exact) mass is 269 g/mol. The van der Waals surface area contributed by atoms with Crippen LogP contribution in [0.3, 0.4) is 0 Å². The van der Waals surface area contributed by atoms with Gasteiger partial charge in [-0.3, -0.25) is 0 Å². The molecule has 18 heavy (non-hydrogen) atoms. The van der Waals surface area contributed by atoms with Gasteiger partial charge in [0.05, 0.1) is 12.1 Å². The average molecular weight is 269 g/mol. The number of rotatable bonds is 4. The van der Waals surface area contributed by atoms with Crippen LogP contribution < -0.4 is 4.90 Å². The number of anilines is 1. The van der Waals surface area contributed by atoms with Gasteiger partial charge in [0, 0.05) is 25.8 Å². The number of hydrogen-bond acceptors (Lipinski definition) is 5. The molecule has 1 aliphatic rings. The molecule has 4 nitrogen and oxygen atoms in total. The quantitative estimate of drug-likeness (QED) is 0.787. The molecule has 0 N–H and O–H groups in total. The van der Waals surface area contributed by atoms with Crippen molar-refractivity contribution in [2.45, 2.75) is 25.8 Å². The number of ether oxygens (including phenoxy) is 2. The van der Waals surface area contributed by atoms with E-state index in [0.717, 1.165) is 37.6 Å². The van der Waals surface area contributed by atoms with E-state index in [2.05, 4.69) is 11.8 Å². The third-order valence-electron chi connectivity index (χ3n) is 3.23. The summed E-state index contributed by atoms with van der Waals surface area (Å²) in [7, 11) is 1.41. The number of methoxy groups -OCH3 is 1. The molecule has 1 aliphatic heterocycles. The third kappa shape index (κ3) is 2.84. The largest absolute Gasteiger partial charge is 0.465 e. The van der Waals surface area contributed by atoms with E-state index in [-0.39, 0.29) is 5.97 Å². The molecule has 0 atom stereocenters. The zero-order valence-electron chi connectivity index (χ0n) is 10.8. The topological polar surface area (TPSA) is 38.8 Å². The first kappa shape index (κ1) is 13.4. The summed E-state index contributed by atoms with van der Waals surface area (Å²) in [6.07, 6.45) is 2.11. The maximum absolute atomic E-state index is 11.5. The van der Waals surface area contributed by atoms with E-state index in [0.29, 0.717) is 10.9 Å². The minimum Gasteiger partial charge on any atom is -0.465 e. The van der Waals surface area contributed by atoms with E-state index in [1.807, 2.05) is 12.1 Å². The van der Waals surface area contributed by atoms with E-state index in [4.69, 9.17) is 9.47 Å². The fraction of sp³-hybridized carbons (Fsp3) is 0.615. The first-order valence-electron chi connectivity index (χ1n) is 6.28. The third-order valence-corrected chi connectivity index (χ3v) is 4.34. The number of carbonyl (C=O) groups excluding carboxylic acids is 1. The molecule has 5 heteroatoms. The highest BCUT2D eigenvalue weighted by Crippen LogP contribution is 2.30. The molecule has 1 saturated heterocycles. The lowest BCUT2D eigenvalue weighted by molar-refractivity contribution is 0.0606. The van der Waals surface area contributed by atoms with Crippen molar-refractivity contribution < 1.29 is 14.3 Å². The first-order valence-corrected chi connectivity index (χ1v) is 7.10. The fourth-order valence-electron chi connectivity index (χ4n) is 2.28. The van der Waals surface area contributed by atoms with E-state index in [1.54, 1.807) is 0 Å². The molecule has 0 spiro atoms. The van der Waals surface area contributed by atoms with Crippen LogP contribution in [0.15, 0.2) is 12.1 Å². The Hall–Kier alpha value is -1.07. The van der Waals surface area contributed by atoms with Gasteiger partial charge in [-0.05, 0) is 31.9 Å². The van der Waals surface area contributed by atoms with E-state index in [9.17, 15) is 4.79 Å². The molecule has 0 radical (unpaired) electrons. The maximum Gasteiger partial charge on any atom is 0.348 e. The minimum absolute atomic E-state index is 0.255. The van der Waals surface area contributed by atoms with Gasteiger partial charge in [0.1, 0.15) is 4.88 Å². The van der Waals surface area contributed by atoms with Crippen LogP contribution in [0.2, 0.25) is 0 Å². The summed E-state index contributed by atoms with van der Waals surface area (Å²) >= 11 is 1.50. The Balaban J connectivity index is 2.11. The molecular weight excluding hydrogens is 250 g/mol. The molecule has 0 saturated carbocycles. The second-order valence-corrected chi connectivity index (χ2v) is 5.32. The van der Waals surface area contributed by atoms with Crippen LogP contribution in [0.5, 0.6) is 0 Å². The van der Waals surface area contributed by atoms with Crippen molar-refractivity contribution in [2.75, 3.05) is 31.8 Å². The highest BCUT2D eigenvalue weighted by Gasteiger charge is 2.22. The Kier molecular flexibility index (Phi) is 4.60. The van der Waals surface area contributed by atoms with Crippen molar-refractivity contribution in [3.05, 3.63) is 17.0 Å². The summed E-state index contributed by atoms with van der Waals surface area (Å²) < 4.78 is 10.1. The first-order chi connectivity index (χ1) is 8.76. The fourth-order valence-corrected chi connectivity index (χ4v) is 3.34. The number of carbonyl (C=O) groups is 1. The lowest BCUT2D eigenvalue weighted by Crippen LogP contribution is -2.38. The number of nitrogens with zero attached hydrogens (tertiary/aromatic N) is 1. The van der Waals surface area contributed by atoms with E-state index < -0.39 is 0 Å². The Morgan fingerprint density at radius 3 is 2.83 bits per heavy atom. The van der Waals surface area contributed by atoms with Crippen LogP contribution in [0.1, 0.15) is 29.4 Å². The summed E-state index contributed by atoms with van der Waals surface area (Å²) in [6, 6.07) is 4.37.